The van der Waals surface area contributed by atoms with Gasteiger partial charge in [0, 0.05) is 23.1 Å². The number of amides is 1. The van der Waals surface area contributed by atoms with Gasteiger partial charge in [0.1, 0.15) is 0 Å². The summed E-state index contributed by atoms with van der Waals surface area (Å²) >= 11 is 12.1. The summed E-state index contributed by atoms with van der Waals surface area (Å²) in [5, 5.41) is 3.56. The van der Waals surface area contributed by atoms with E-state index >= 15 is 0 Å². The van der Waals surface area contributed by atoms with E-state index in [1.54, 1.807) is 30.3 Å². The first-order valence-corrected chi connectivity index (χ1v) is 6.68. The zero-order chi connectivity index (χ0) is 14.4. The Kier molecular flexibility index (Phi) is 3.04. The quantitative estimate of drug-likeness (QED) is 0.733. The highest BCUT2D eigenvalue weighted by molar-refractivity contribution is 6.35. The predicted molar refractivity (Wildman–Crippen MR) is 79.6 cm³/mol. The molecular formula is C15H9Cl2NO2. The van der Waals surface area contributed by atoms with Crippen molar-refractivity contribution in [1.82, 2.24) is 0 Å². The first-order valence-electron chi connectivity index (χ1n) is 5.93. The van der Waals surface area contributed by atoms with Gasteiger partial charge >= 0.3 is 0 Å². The average Bonchev–Trinajstić information content (AvgIpc) is 2.63. The van der Waals surface area contributed by atoms with E-state index in [2.05, 4.69) is 5.32 Å². The SMILES string of the molecule is CC(=O)Nc1cc2c(cc1Cl)-c1cc(Cl)ccc1C2=O. The maximum absolute atomic E-state index is 12.3. The van der Waals surface area contributed by atoms with Gasteiger partial charge in [0.25, 0.3) is 0 Å². The third-order valence-electron chi connectivity index (χ3n) is 3.18. The van der Waals surface area contributed by atoms with Crippen LogP contribution in [0.1, 0.15) is 22.8 Å². The zero-order valence-corrected chi connectivity index (χ0v) is 12.0. The van der Waals surface area contributed by atoms with Crippen molar-refractivity contribution in [3.05, 3.63) is 51.5 Å². The van der Waals surface area contributed by atoms with Gasteiger partial charge in [-0.1, -0.05) is 23.2 Å². The average molecular weight is 306 g/mol. The Balaban J connectivity index is 2.21. The van der Waals surface area contributed by atoms with Crippen molar-refractivity contribution in [3.63, 3.8) is 0 Å². The minimum absolute atomic E-state index is 0.0880. The Morgan fingerprint density at radius 2 is 1.70 bits per heavy atom. The molecule has 2 aromatic rings. The second-order valence-electron chi connectivity index (χ2n) is 4.58. The third-order valence-corrected chi connectivity index (χ3v) is 3.73. The number of ketones is 1. The number of anilines is 1. The predicted octanol–water partition coefficient (Wildman–Crippen LogP) is 4.16. The van der Waals surface area contributed by atoms with E-state index in [-0.39, 0.29) is 11.7 Å². The standard InChI is InChI=1S/C15H9Cl2NO2/c1-7(19)18-14-6-12-11(5-13(14)17)10-4-8(16)2-3-9(10)15(12)20/h2-6H,1H3,(H,18,19). The number of carbonyl (C=O) groups excluding carboxylic acids is 2. The number of rotatable bonds is 1. The van der Waals surface area contributed by atoms with E-state index in [0.29, 0.717) is 26.9 Å². The number of halogens is 2. The van der Waals surface area contributed by atoms with Crippen molar-refractivity contribution < 1.29 is 9.59 Å². The van der Waals surface area contributed by atoms with E-state index in [1.165, 1.54) is 6.92 Å². The summed E-state index contributed by atoms with van der Waals surface area (Å²) in [6.45, 7) is 1.39. The molecule has 0 unspecified atom stereocenters. The maximum Gasteiger partial charge on any atom is 0.221 e. The van der Waals surface area contributed by atoms with Gasteiger partial charge in [-0.05, 0) is 41.5 Å². The Labute approximate surface area is 125 Å². The number of hydrogen-bond acceptors (Lipinski definition) is 2. The summed E-state index contributed by atoms with van der Waals surface area (Å²) in [5.41, 5.74) is 3.07. The zero-order valence-electron chi connectivity index (χ0n) is 10.5. The largest absolute Gasteiger partial charge is 0.325 e. The molecule has 0 radical (unpaired) electrons. The van der Waals surface area contributed by atoms with Gasteiger partial charge in [0.2, 0.25) is 5.91 Å². The van der Waals surface area contributed by atoms with E-state index in [0.717, 1.165) is 11.1 Å². The highest BCUT2D eigenvalue weighted by atomic mass is 35.5. The summed E-state index contributed by atoms with van der Waals surface area (Å²) < 4.78 is 0. The van der Waals surface area contributed by atoms with Crippen molar-refractivity contribution in [2.45, 2.75) is 6.92 Å². The van der Waals surface area contributed by atoms with Crippen LogP contribution >= 0.6 is 23.2 Å². The van der Waals surface area contributed by atoms with E-state index in [4.69, 9.17) is 23.2 Å². The van der Waals surface area contributed by atoms with Gasteiger partial charge in [-0.15, -0.1) is 0 Å². The molecule has 0 atom stereocenters. The highest BCUT2D eigenvalue weighted by Crippen LogP contribution is 2.41. The monoisotopic (exact) mass is 305 g/mol. The Hall–Kier alpha value is -1.84. The number of benzene rings is 2. The second kappa shape index (κ2) is 4.62. The van der Waals surface area contributed by atoms with Gasteiger partial charge in [0.15, 0.2) is 5.78 Å². The van der Waals surface area contributed by atoms with Crippen LogP contribution in [0.25, 0.3) is 11.1 Å². The molecule has 0 aliphatic heterocycles. The van der Waals surface area contributed by atoms with Crippen molar-refractivity contribution >= 4 is 40.6 Å². The van der Waals surface area contributed by atoms with Crippen molar-refractivity contribution in [2.24, 2.45) is 0 Å². The number of hydrogen-bond donors (Lipinski definition) is 1. The van der Waals surface area contributed by atoms with Crippen LogP contribution in [-0.4, -0.2) is 11.7 Å². The van der Waals surface area contributed by atoms with Gasteiger partial charge < -0.3 is 5.32 Å². The molecule has 2 aromatic carbocycles. The lowest BCUT2D eigenvalue weighted by Gasteiger charge is -2.08. The molecule has 0 saturated heterocycles. The van der Waals surface area contributed by atoms with Gasteiger partial charge in [-0.2, -0.15) is 0 Å². The molecule has 3 rings (SSSR count). The molecule has 0 aromatic heterocycles. The molecule has 1 amide bonds. The summed E-state index contributed by atoms with van der Waals surface area (Å²) in [6.07, 6.45) is 0. The molecule has 0 bridgehead atoms. The molecule has 100 valence electrons. The molecule has 0 spiro atoms. The fourth-order valence-corrected chi connectivity index (χ4v) is 2.73. The fraction of sp³-hybridized carbons (Fsp3) is 0.0667. The maximum atomic E-state index is 12.3. The second-order valence-corrected chi connectivity index (χ2v) is 5.42. The van der Waals surface area contributed by atoms with E-state index < -0.39 is 0 Å². The molecule has 0 saturated carbocycles. The topological polar surface area (TPSA) is 46.2 Å². The van der Waals surface area contributed by atoms with Crippen molar-refractivity contribution in [3.8, 4) is 11.1 Å². The Morgan fingerprint density at radius 1 is 1.00 bits per heavy atom. The minimum Gasteiger partial charge on any atom is -0.325 e. The van der Waals surface area contributed by atoms with E-state index in [9.17, 15) is 9.59 Å². The molecule has 1 aliphatic carbocycles. The van der Waals surface area contributed by atoms with Gasteiger partial charge in [0.05, 0.1) is 10.7 Å². The highest BCUT2D eigenvalue weighted by Gasteiger charge is 2.28. The number of nitrogens with one attached hydrogen (secondary N) is 1. The lowest BCUT2D eigenvalue weighted by Crippen LogP contribution is -2.07. The third kappa shape index (κ3) is 1.99. The molecule has 20 heavy (non-hydrogen) atoms. The number of fused-ring (bicyclic) bond motifs is 3. The normalized spacial score (nSPS) is 12.1. The molecule has 0 fully saturated rings. The minimum atomic E-state index is -0.238. The van der Waals surface area contributed by atoms with Crippen molar-refractivity contribution in [1.29, 1.82) is 0 Å². The van der Waals surface area contributed by atoms with Crippen LogP contribution in [0.3, 0.4) is 0 Å². The van der Waals surface area contributed by atoms with Crippen LogP contribution in [0.15, 0.2) is 30.3 Å². The molecular weight excluding hydrogens is 297 g/mol. The lowest BCUT2D eigenvalue weighted by molar-refractivity contribution is -0.114. The summed E-state index contributed by atoms with van der Waals surface area (Å²) in [4.78, 5) is 23.5. The molecule has 5 heteroatoms. The Morgan fingerprint density at radius 3 is 2.40 bits per heavy atom. The fourth-order valence-electron chi connectivity index (χ4n) is 2.35. The van der Waals surface area contributed by atoms with Gasteiger partial charge in [-0.25, -0.2) is 0 Å². The summed E-state index contributed by atoms with van der Waals surface area (Å²) in [7, 11) is 0. The number of carbonyl (C=O) groups is 2. The summed E-state index contributed by atoms with van der Waals surface area (Å²) in [5.74, 6) is -0.326. The van der Waals surface area contributed by atoms with Crippen LogP contribution in [0.2, 0.25) is 10.0 Å². The molecule has 1 N–H and O–H groups in total. The smallest absolute Gasteiger partial charge is 0.221 e. The lowest BCUT2D eigenvalue weighted by atomic mass is 10.1. The van der Waals surface area contributed by atoms with Crippen molar-refractivity contribution in [2.75, 3.05) is 5.32 Å². The van der Waals surface area contributed by atoms with Crippen LogP contribution < -0.4 is 5.32 Å². The van der Waals surface area contributed by atoms with Crippen LogP contribution in [0.5, 0.6) is 0 Å². The van der Waals surface area contributed by atoms with Crippen LogP contribution in [0.4, 0.5) is 5.69 Å². The Bertz CT molecular complexity index is 769. The molecule has 1 aliphatic rings. The van der Waals surface area contributed by atoms with Crippen LogP contribution in [0, 0.1) is 0 Å². The van der Waals surface area contributed by atoms with E-state index in [1.807, 2.05) is 0 Å². The molecule has 3 nitrogen and oxygen atoms in total. The summed E-state index contributed by atoms with van der Waals surface area (Å²) in [6, 6.07) is 8.42. The first kappa shape index (κ1) is 13.2. The molecule has 0 heterocycles. The van der Waals surface area contributed by atoms with Gasteiger partial charge in [-0.3, -0.25) is 9.59 Å². The first-order chi connectivity index (χ1) is 9.47. The van der Waals surface area contributed by atoms with Crippen LogP contribution in [-0.2, 0) is 4.79 Å².